The molecular weight excluding hydrogens is 257 g/mol. The topological polar surface area (TPSA) is 45.4 Å². The van der Waals surface area contributed by atoms with Gasteiger partial charge in [0.15, 0.2) is 11.4 Å². The molecule has 0 fully saturated rings. The van der Waals surface area contributed by atoms with E-state index in [-0.39, 0.29) is 5.58 Å². The van der Waals surface area contributed by atoms with E-state index in [1.54, 1.807) is 25.1 Å². The van der Waals surface area contributed by atoms with Crippen LogP contribution in [0.2, 0.25) is 0 Å². The number of para-hydroxylation sites is 1. The van der Waals surface area contributed by atoms with Gasteiger partial charge in [-0.05, 0) is 44.5 Å². The fraction of sp³-hybridized carbons (Fsp3) is 0.500. The summed E-state index contributed by atoms with van der Waals surface area (Å²) in [6.07, 6.45) is 0.515. The first-order valence-corrected chi connectivity index (χ1v) is 7.02. The molecule has 2 rings (SSSR count). The maximum Gasteiger partial charge on any atom is 0.170 e. The first kappa shape index (κ1) is 15.0. The minimum atomic E-state index is -1.10. The van der Waals surface area contributed by atoms with Gasteiger partial charge in [0.05, 0.1) is 0 Å². The summed E-state index contributed by atoms with van der Waals surface area (Å²) in [6, 6.07) is 6.48. The lowest BCUT2D eigenvalue weighted by Gasteiger charge is -2.21. The van der Waals surface area contributed by atoms with Gasteiger partial charge >= 0.3 is 0 Å². The van der Waals surface area contributed by atoms with Crippen molar-refractivity contribution in [3.63, 3.8) is 0 Å². The van der Waals surface area contributed by atoms with Crippen LogP contribution in [0, 0.1) is 11.7 Å². The van der Waals surface area contributed by atoms with E-state index in [0.717, 1.165) is 6.54 Å². The van der Waals surface area contributed by atoms with Crippen LogP contribution in [0.1, 0.15) is 33.0 Å². The summed E-state index contributed by atoms with van der Waals surface area (Å²) in [5.41, 5.74) is -0.895. The van der Waals surface area contributed by atoms with Crippen molar-refractivity contribution in [3.8, 4) is 0 Å². The molecule has 110 valence electrons. The van der Waals surface area contributed by atoms with Gasteiger partial charge in [0.25, 0.3) is 0 Å². The quantitative estimate of drug-likeness (QED) is 0.796. The van der Waals surface area contributed by atoms with Crippen LogP contribution >= 0.6 is 0 Å². The van der Waals surface area contributed by atoms with E-state index in [9.17, 15) is 9.50 Å². The summed E-state index contributed by atoms with van der Waals surface area (Å²) < 4.78 is 19.1. The highest BCUT2D eigenvalue weighted by molar-refractivity contribution is 5.78. The molecule has 4 heteroatoms. The number of aliphatic hydroxyl groups is 1. The van der Waals surface area contributed by atoms with Gasteiger partial charge in [0.1, 0.15) is 11.4 Å². The molecule has 0 saturated heterocycles. The smallest absolute Gasteiger partial charge is 0.170 e. The predicted octanol–water partition coefficient (Wildman–Crippen LogP) is 3.42. The van der Waals surface area contributed by atoms with Gasteiger partial charge in [-0.25, -0.2) is 4.39 Å². The second-order valence-corrected chi connectivity index (χ2v) is 5.89. The number of halogens is 1. The minimum Gasteiger partial charge on any atom is -0.455 e. The van der Waals surface area contributed by atoms with E-state index in [2.05, 4.69) is 19.2 Å². The van der Waals surface area contributed by atoms with Crippen LogP contribution in [0.4, 0.5) is 4.39 Å². The Morgan fingerprint density at radius 1 is 1.40 bits per heavy atom. The highest BCUT2D eigenvalue weighted by Crippen LogP contribution is 2.31. The van der Waals surface area contributed by atoms with Gasteiger partial charge in [-0.15, -0.1) is 0 Å². The summed E-state index contributed by atoms with van der Waals surface area (Å²) in [6.45, 7) is 7.55. The average Bonchev–Trinajstić information content (AvgIpc) is 2.81. The number of furan rings is 1. The molecule has 1 aromatic carbocycles. The van der Waals surface area contributed by atoms with Crippen molar-refractivity contribution < 1.29 is 13.9 Å². The van der Waals surface area contributed by atoms with E-state index >= 15 is 0 Å². The zero-order chi connectivity index (χ0) is 14.8. The van der Waals surface area contributed by atoms with Crippen LogP contribution in [-0.4, -0.2) is 18.2 Å². The highest BCUT2D eigenvalue weighted by Gasteiger charge is 2.27. The monoisotopic (exact) mass is 279 g/mol. The molecule has 1 unspecified atom stereocenters. The molecule has 0 bridgehead atoms. The summed E-state index contributed by atoms with van der Waals surface area (Å²) in [7, 11) is 0. The molecule has 0 radical (unpaired) electrons. The maximum atomic E-state index is 13.6. The van der Waals surface area contributed by atoms with E-state index in [1.807, 2.05) is 0 Å². The van der Waals surface area contributed by atoms with Crippen LogP contribution < -0.4 is 5.32 Å². The normalized spacial score (nSPS) is 14.9. The fourth-order valence-corrected chi connectivity index (χ4v) is 2.14. The molecule has 0 aliphatic heterocycles. The molecular formula is C16H22FNO2. The Morgan fingerprint density at radius 3 is 2.80 bits per heavy atom. The average molecular weight is 279 g/mol. The largest absolute Gasteiger partial charge is 0.455 e. The second kappa shape index (κ2) is 5.94. The SMILES string of the molecule is CC(C)CNCCC(C)(O)c1cc2cccc(F)c2o1. The van der Waals surface area contributed by atoms with Crippen molar-refractivity contribution in [2.45, 2.75) is 32.8 Å². The molecule has 1 heterocycles. The first-order chi connectivity index (χ1) is 9.40. The summed E-state index contributed by atoms with van der Waals surface area (Å²) in [4.78, 5) is 0. The van der Waals surface area contributed by atoms with Crippen molar-refractivity contribution in [2.24, 2.45) is 5.92 Å². The van der Waals surface area contributed by atoms with Gasteiger partial charge in [0, 0.05) is 5.39 Å². The van der Waals surface area contributed by atoms with Crippen LogP contribution in [-0.2, 0) is 5.60 Å². The molecule has 0 saturated carbocycles. The lowest BCUT2D eigenvalue weighted by molar-refractivity contribution is 0.0269. The van der Waals surface area contributed by atoms with E-state index in [0.29, 0.717) is 30.0 Å². The lowest BCUT2D eigenvalue weighted by Crippen LogP contribution is -2.29. The molecule has 2 aromatic rings. The summed E-state index contributed by atoms with van der Waals surface area (Å²) in [5.74, 6) is 0.576. The Balaban J connectivity index is 2.09. The van der Waals surface area contributed by atoms with Gasteiger partial charge in [-0.3, -0.25) is 0 Å². The number of hydrogen-bond donors (Lipinski definition) is 2. The van der Waals surface area contributed by atoms with Crippen LogP contribution in [0.3, 0.4) is 0 Å². The van der Waals surface area contributed by atoms with Crippen LogP contribution in [0.15, 0.2) is 28.7 Å². The number of fused-ring (bicyclic) bond motifs is 1. The molecule has 2 N–H and O–H groups in total. The molecule has 1 atom stereocenters. The Hall–Kier alpha value is -1.39. The van der Waals surface area contributed by atoms with E-state index in [4.69, 9.17) is 4.42 Å². The molecule has 1 aromatic heterocycles. The van der Waals surface area contributed by atoms with Gasteiger partial charge < -0.3 is 14.8 Å². The Kier molecular flexibility index (Phi) is 4.45. The molecule has 0 aliphatic carbocycles. The Bertz CT molecular complexity index is 575. The van der Waals surface area contributed by atoms with Crippen LogP contribution in [0.25, 0.3) is 11.0 Å². The second-order valence-electron chi connectivity index (χ2n) is 5.89. The number of hydrogen-bond acceptors (Lipinski definition) is 3. The van der Waals surface area contributed by atoms with Crippen molar-refractivity contribution in [3.05, 3.63) is 35.8 Å². The molecule has 3 nitrogen and oxygen atoms in total. The third kappa shape index (κ3) is 3.38. The maximum absolute atomic E-state index is 13.6. The minimum absolute atomic E-state index is 0.206. The molecule has 0 aliphatic rings. The predicted molar refractivity (Wildman–Crippen MR) is 78.1 cm³/mol. The van der Waals surface area contributed by atoms with Crippen molar-refractivity contribution >= 4 is 11.0 Å². The Labute approximate surface area is 118 Å². The zero-order valence-corrected chi connectivity index (χ0v) is 12.2. The van der Waals surface area contributed by atoms with E-state index < -0.39 is 11.4 Å². The van der Waals surface area contributed by atoms with E-state index in [1.165, 1.54) is 6.07 Å². The zero-order valence-electron chi connectivity index (χ0n) is 12.2. The third-order valence-electron chi connectivity index (χ3n) is 3.37. The third-order valence-corrected chi connectivity index (χ3v) is 3.37. The van der Waals surface area contributed by atoms with Gasteiger partial charge in [0.2, 0.25) is 0 Å². The fourth-order valence-electron chi connectivity index (χ4n) is 2.14. The Morgan fingerprint density at radius 2 is 2.15 bits per heavy atom. The number of benzene rings is 1. The van der Waals surface area contributed by atoms with Gasteiger partial charge in [-0.1, -0.05) is 26.0 Å². The first-order valence-electron chi connectivity index (χ1n) is 7.02. The number of nitrogens with one attached hydrogen (secondary N) is 1. The van der Waals surface area contributed by atoms with Crippen LogP contribution in [0.5, 0.6) is 0 Å². The van der Waals surface area contributed by atoms with Crippen molar-refractivity contribution in [1.82, 2.24) is 5.32 Å². The molecule has 0 amide bonds. The number of rotatable bonds is 6. The standard InChI is InChI=1S/C16H22FNO2/c1-11(2)10-18-8-7-16(3,19)14-9-12-5-4-6-13(17)15(12)20-14/h4-6,9,11,18-19H,7-8,10H2,1-3H3. The molecule has 0 spiro atoms. The van der Waals surface area contributed by atoms with Crippen molar-refractivity contribution in [1.29, 1.82) is 0 Å². The van der Waals surface area contributed by atoms with Crippen molar-refractivity contribution in [2.75, 3.05) is 13.1 Å². The summed E-state index contributed by atoms with van der Waals surface area (Å²) in [5, 5.41) is 14.4. The summed E-state index contributed by atoms with van der Waals surface area (Å²) >= 11 is 0. The lowest BCUT2D eigenvalue weighted by atomic mass is 9.99. The van der Waals surface area contributed by atoms with Gasteiger partial charge in [-0.2, -0.15) is 0 Å². The molecule has 20 heavy (non-hydrogen) atoms. The highest BCUT2D eigenvalue weighted by atomic mass is 19.1.